The number of amides is 1. The van der Waals surface area contributed by atoms with Gasteiger partial charge in [-0.05, 0) is 48.4 Å². The molecule has 0 aliphatic carbocycles. The molecule has 1 amide bonds. The summed E-state index contributed by atoms with van der Waals surface area (Å²) in [6, 6.07) is 19.0. The number of aliphatic carboxylic acids is 1. The zero-order valence-corrected chi connectivity index (χ0v) is 19.5. The van der Waals surface area contributed by atoms with Gasteiger partial charge in [0.25, 0.3) is 11.7 Å². The number of carbonyl (C=O) groups excluding carboxylic acids is 2. The fourth-order valence-electron chi connectivity index (χ4n) is 4.07. The summed E-state index contributed by atoms with van der Waals surface area (Å²) in [5.74, 6) is -2.61. The number of carboxylic acids is 1. The first kappa shape index (κ1) is 24.0. The predicted molar refractivity (Wildman–Crippen MR) is 132 cm³/mol. The van der Waals surface area contributed by atoms with E-state index in [1.807, 2.05) is 6.07 Å². The summed E-state index contributed by atoms with van der Waals surface area (Å²) in [5, 5.41) is 20.6. The molecule has 1 unspecified atom stereocenters. The summed E-state index contributed by atoms with van der Waals surface area (Å²) in [5.41, 5.74) is 1.80. The van der Waals surface area contributed by atoms with E-state index in [2.05, 4.69) is 0 Å². The Balaban J connectivity index is 1.86. The Kier molecular flexibility index (Phi) is 6.89. The summed E-state index contributed by atoms with van der Waals surface area (Å²) in [7, 11) is 0. The highest BCUT2D eigenvalue weighted by Gasteiger charge is 2.46. The molecule has 3 aromatic rings. The van der Waals surface area contributed by atoms with Gasteiger partial charge in [-0.25, -0.2) is 0 Å². The highest BCUT2D eigenvalue weighted by molar-refractivity contribution is 6.51. The number of rotatable bonds is 7. The molecule has 1 fully saturated rings. The van der Waals surface area contributed by atoms with Gasteiger partial charge in [0.1, 0.15) is 11.5 Å². The lowest BCUT2D eigenvalue weighted by molar-refractivity contribution is -0.136. The quantitative estimate of drug-likeness (QED) is 0.274. The maximum absolute atomic E-state index is 13.2. The lowest BCUT2D eigenvalue weighted by Gasteiger charge is -2.25. The first-order chi connectivity index (χ1) is 16.8. The van der Waals surface area contributed by atoms with E-state index >= 15 is 0 Å². The van der Waals surface area contributed by atoms with Gasteiger partial charge in [0.15, 0.2) is 0 Å². The predicted octanol–water partition coefficient (Wildman–Crippen LogP) is 4.99. The lowest BCUT2D eigenvalue weighted by atomic mass is 9.95. The molecule has 178 valence electrons. The van der Waals surface area contributed by atoms with Crippen molar-refractivity contribution in [1.29, 1.82) is 0 Å². The maximum atomic E-state index is 13.2. The van der Waals surface area contributed by atoms with Crippen LogP contribution in [0.3, 0.4) is 0 Å². The number of carboxylic acid groups (broad SMARTS) is 1. The third-order valence-corrected chi connectivity index (χ3v) is 5.95. The monoisotopic (exact) mass is 491 g/mol. The van der Waals surface area contributed by atoms with Crippen molar-refractivity contribution in [3.8, 4) is 5.75 Å². The van der Waals surface area contributed by atoms with Crippen molar-refractivity contribution in [2.24, 2.45) is 0 Å². The number of anilines is 1. The maximum Gasteiger partial charge on any atom is 0.307 e. The van der Waals surface area contributed by atoms with Crippen LogP contribution in [0.15, 0.2) is 78.4 Å². The van der Waals surface area contributed by atoms with Gasteiger partial charge in [0.05, 0.1) is 29.7 Å². The molecule has 8 heteroatoms. The topological polar surface area (TPSA) is 104 Å². The van der Waals surface area contributed by atoms with Crippen LogP contribution in [-0.4, -0.2) is 34.5 Å². The number of aliphatic hydroxyl groups excluding tert-OH is 1. The molecule has 2 N–H and O–H groups in total. The number of halogens is 1. The van der Waals surface area contributed by atoms with Gasteiger partial charge in [-0.15, -0.1) is 0 Å². The molecular formula is C27H22ClNO6. The van der Waals surface area contributed by atoms with E-state index in [0.717, 1.165) is 0 Å². The average Bonchev–Trinajstić information content (AvgIpc) is 3.11. The van der Waals surface area contributed by atoms with E-state index in [1.165, 1.54) is 11.0 Å². The molecular weight excluding hydrogens is 470 g/mol. The summed E-state index contributed by atoms with van der Waals surface area (Å²) in [6.45, 7) is 2.15. The van der Waals surface area contributed by atoms with Crippen molar-refractivity contribution in [3.63, 3.8) is 0 Å². The molecule has 35 heavy (non-hydrogen) atoms. The van der Waals surface area contributed by atoms with Gasteiger partial charge in [0, 0.05) is 11.3 Å². The number of aliphatic hydroxyl groups is 1. The number of hydrogen-bond donors (Lipinski definition) is 2. The van der Waals surface area contributed by atoms with Crippen molar-refractivity contribution in [3.05, 3.63) is 100 Å². The third-order valence-electron chi connectivity index (χ3n) is 5.63. The second kappa shape index (κ2) is 10.0. The van der Waals surface area contributed by atoms with Crippen molar-refractivity contribution < 1.29 is 29.3 Å². The number of Topliss-reactive ketones (excluding diaryl/α,β-unsaturated/α-hetero) is 1. The minimum atomic E-state index is -0.975. The van der Waals surface area contributed by atoms with Crippen molar-refractivity contribution >= 4 is 40.7 Å². The van der Waals surface area contributed by atoms with Crippen LogP contribution in [0.4, 0.5) is 5.69 Å². The highest BCUT2D eigenvalue weighted by Crippen LogP contribution is 2.42. The standard InChI is InChI=1S/C27H22ClNO6/c1-2-35-21-15-18(10-13-20(21)28)25(32)23-24(17-6-4-3-5-7-17)29(27(34)26(23)33)19-11-8-16(9-12-19)14-22(30)31/h3-13,15,24,32H,2,14H2,1H3,(H,30,31)/b25-23-. The highest BCUT2D eigenvalue weighted by atomic mass is 35.5. The molecule has 0 radical (unpaired) electrons. The molecule has 1 heterocycles. The minimum absolute atomic E-state index is 0.0689. The molecule has 0 spiro atoms. The molecule has 0 saturated carbocycles. The fraction of sp³-hybridized carbons (Fsp3) is 0.148. The summed E-state index contributed by atoms with van der Waals surface area (Å²) in [6.07, 6.45) is -0.167. The number of benzene rings is 3. The fourth-order valence-corrected chi connectivity index (χ4v) is 4.24. The third kappa shape index (κ3) is 4.76. The van der Waals surface area contributed by atoms with Crippen LogP contribution in [0.5, 0.6) is 5.75 Å². The van der Waals surface area contributed by atoms with Gasteiger partial charge < -0.3 is 14.9 Å². The number of ether oxygens (including phenoxy) is 1. The van der Waals surface area contributed by atoms with E-state index in [-0.39, 0.29) is 23.3 Å². The zero-order valence-electron chi connectivity index (χ0n) is 18.8. The molecule has 4 rings (SSSR count). The summed E-state index contributed by atoms with van der Waals surface area (Å²) in [4.78, 5) is 38.8. The Morgan fingerprint density at radius 2 is 1.69 bits per heavy atom. The Morgan fingerprint density at radius 3 is 2.31 bits per heavy atom. The van der Waals surface area contributed by atoms with Crippen molar-refractivity contribution in [1.82, 2.24) is 0 Å². The number of hydrogen-bond acceptors (Lipinski definition) is 5. The smallest absolute Gasteiger partial charge is 0.307 e. The minimum Gasteiger partial charge on any atom is -0.507 e. The summed E-state index contributed by atoms with van der Waals surface area (Å²) >= 11 is 6.17. The second-order valence-corrected chi connectivity index (χ2v) is 8.30. The van der Waals surface area contributed by atoms with Gasteiger partial charge >= 0.3 is 5.97 Å². The number of nitrogens with zero attached hydrogens (tertiary/aromatic N) is 1. The first-order valence-corrected chi connectivity index (χ1v) is 11.3. The lowest BCUT2D eigenvalue weighted by Crippen LogP contribution is -2.29. The largest absolute Gasteiger partial charge is 0.507 e. The van der Waals surface area contributed by atoms with Crippen LogP contribution in [0.1, 0.15) is 29.7 Å². The molecule has 1 aliphatic rings. The summed E-state index contributed by atoms with van der Waals surface area (Å²) < 4.78 is 5.51. The Morgan fingerprint density at radius 1 is 1.00 bits per heavy atom. The Labute approximate surface area is 206 Å². The SMILES string of the molecule is CCOc1cc(/C(O)=C2/C(=O)C(=O)N(c3ccc(CC(=O)O)cc3)C2c2ccccc2)ccc1Cl. The van der Waals surface area contributed by atoms with Crippen molar-refractivity contribution in [2.45, 2.75) is 19.4 Å². The normalized spacial score (nSPS) is 17.0. The van der Waals surface area contributed by atoms with Gasteiger partial charge in [-0.2, -0.15) is 0 Å². The van der Waals surface area contributed by atoms with E-state index in [4.69, 9.17) is 21.4 Å². The molecule has 7 nitrogen and oxygen atoms in total. The Bertz CT molecular complexity index is 1320. The molecule has 0 bridgehead atoms. The van der Waals surface area contributed by atoms with E-state index in [1.54, 1.807) is 67.6 Å². The molecule has 1 saturated heterocycles. The van der Waals surface area contributed by atoms with Crippen LogP contribution < -0.4 is 9.64 Å². The van der Waals surface area contributed by atoms with Gasteiger partial charge in [0.2, 0.25) is 0 Å². The molecule has 1 aliphatic heterocycles. The van der Waals surface area contributed by atoms with E-state index < -0.39 is 23.7 Å². The van der Waals surface area contributed by atoms with Crippen LogP contribution >= 0.6 is 11.6 Å². The zero-order chi connectivity index (χ0) is 25.1. The van der Waals surface area contributed by atoms with Crippen LogP contribution in [-0.2, 0) is 20.8 Å². The average molecular weight is 492 g/mol. The number of ketones is 1. The van der Waals surface area contributed by atoms with Gasteiger partial charge in [-0.3, -0.25) is 19.3 Å². The molecule has 1 atom stereocenters. The van der Waals surface area contributed by atoms with Crippen LogP contribution in [0, 0.1) is 0 Å². The van der Waals surface area contributed by atoms with E-state index in [9.17, 15) is 19.5 Å². The van der Waals surface area contributed by atoms with Crippen LogP contribution in [0.25, 0.3) is 5.76 Å². The Hall–Kier alpha value is -4.10. The van der Waals surface area contributed by atoms with Crippen LogP contribution in [0.2, 0.25) is 5.02 Å². The molecule has 3 aromatic carbocycles. The van der Waals surface area contributed by atoms with Gasteiger partial charge in [-0.1, -0.05) is 54.1 Å². The van der Waals surface area contributed by atoms with E-state index in [0.29, 0.717) is 34.2 Å². The number of carbonyl (C=O) groups is 3. The van der Waals surface area contributed by atoms with Crippen molar-refractivity contribution in [2.75, 3.05) is 11.5 Å². The first-order valence-electron chi connectivity index (χ1n) is 10.9. The molecule has 0 aromatic heterocycles. The second-order valence-electron chi connectivity index (χ2n) is 7.89.